The molecule has 7 aliphatic heterocycles. The highest BCUT2D eigenvalue weighted by molar-refractivity contribution is 6.06. The zero-order valence-corrected chi connectivity index (χ0v) is 35.2. The molecule has 0 saturated carbocycles. The number of alkyl halides is 1. The second kappa shape index (κ2) is 14.4. The van der Waals surface area contributed by atoms with Gasteiger partial charge < -0.3 is 62.7 Å². The molecule has 0 amide bonds. The van der Waals surface area contributed by atoms with E-state index in [-0.39, 0.29) is 72.1 Å². The predicted molar refractivity (Wildman–Crippen MR) is 218 cm³/mol. The Labute approximate surface area is 356 Å². The Hall–Kier alpha value is -5.74. The molecular weight excluding hydrogens is 807 g/mol. The van der Waals surface area contributed by atoms with Gasteiger partial charge in [0.2, 0.25) is 0 Å². The molecule has 7 aliphatic rings. The molecule has 0 bridgehead atoms. The van der Waals surface area contributed by atoms with Crippen molar-refractivity contribution in [3.8, 4) is 46.0 Å². The summed E-state index contributed by atoms with van der Waals surface area (Å²) in [7, 11) is 4.73. The SMILES string of the molecule is COC1=C2c3cc(OC)c(CO)cc3OC[C@H]2Oc2c1ccc1c2C2OC2C(C)(C)O1.COc1cc2c(cc1CO)OC[C@H]1Oc3c(ccc4c3C([18F])C(O)C(C)(C)O4)C(=O)[C@@H]21. The number of epoxide rings is 1. The van der Waals surface area contributed by atoms with Crippen molar-refractivity contribution in [2.75, 3.05) is 34.5 Å². The Morgan fingerprint density at radius 1 is 0.726 bits per heavy atom. The number of fused-ring (bicyclic) bond motifs is 14. The van der Waals surface area contributed by atoms with Crippen LogP contribution in [0.15, 0.2) is 48.5 Å². The number of ether oxygens (including phenoxy) is 10. The molecule has 3 N–H and O–H groups in total. The Kier molecular flexibility index (Phi) is 9.37. The van der Waals surface area contributed by atoms with Crippen molar-refractivity contribution in [3.63, 3.8) is 0 Å². The monoisotopic (exact) mass is 853 g/mol. The van der Waals surface area contributed by atoms with Crippen LogP contribution in [0.2, 0.25) is 0 Å². The van der Waals surface area contributed by atoms with Gasteiger partial charge in [0.1, 0.15) is 101 Å². The second-order valence-electron chi connectivity index (χ2n) is 17.3. The summed E-state index contributed by atoms with van der Waals surface area (Å²) in [6.07, 6.45) is -4.23. The van der Waals surface area contributed by atoms with Crippen LogP contribution in [0.5, 0.6) is 46.0 Å². The minimum absolute atomic E-state index is 0.0102. The summed E-state index contributed by atoms with van der Waals surface area (Å²) in [4.78, 5) is 13.5. The maximum Gasteiger partial charge on any atom is 0.178 e. The second-order valence-corrected chi connectivity index (χ2v) is 17.3. The van der Waals surface area contributed by atoms with Gasteiger partial charge >= 0.3 is 0 Å². The van der Waals surface area contributed by atoms with Crippen LogP contribution in [0.1, 0.15) is 95.2 Å². The van der Waals surface area contributed by atoms with Gasteiger partial charge in [-0.3, -0.25) is 4.79 Å². The fourth-order valence-electron chi connectivity index (χ4n) is 9.59. The fourth-order valence-corrected chi connectivity index (χ4v) is 9.59. The lowest BCUT2D eigenvalue weighted by Crippen LogP contribution is -2.49. The summed E-state index contributed by atoms with van der Waals surface area (Å²) >= 11 is 0. The topological polar surface area (TPSA) is 173 Å². The maximum atomic E-state index is 15.2. The van der Waals surface area contributed by atoms with Crippen molar-refractivity contribution in [3.05, 3.63) is 93.0 Å². The largest absolute Gasteiger partial charge is 0.496 e. The van der Waals surface area contributed by atoms with Gasteiger partial charge in [-0.15, -0.1) is 0 Å². The van der Waals surface area contributed by atoms with Crippen LogP contribution in [-0.4, -0.2) is 91.3 Å². The van der Waals surface area contributed by atoms with Gasteiger partial charge in [-0.25, -0.2) is 4.39 Å². The molecule has 1 fully saturated rings. The number of aliphatic hydroxyl groups excluding tert-OH is 3. The van der Waals surface area contributed by atoms with E-state index in [9.17, 15) is 20.1 Å². The van der Waals surface area contributed by atoms with E-state index < -0.39 is 29.9 Å². The Morgan fingerprint density at radius 3 is 2.05 bits per heavy atom. The first-order chi connectivity index (χ1) is 29.7. The molecule has 1 saturated heterocycles. The maximum absolute atomic E-state index is 15.2. The van der Waals surface area contributed by atoms with Gasteiger partial charge in [0.25, 0.3) is 0 Å². The first kappa shape index (κ1) is 40.3. The van der Waals surface area contributed by atoms with Gasteiger partial charge in [0.05, 0.1) is 62.7 Å². The number of carbonyl (C=O) groups excluding carboxylic acids is 1. The normalized spacial score (nSPS) is 26.8. The number of ketones is 1. The molecule has 4 aromatic carbocycles. The standard InChI is InChI=1S/C24H24O7.C23H23FO7/c1-24(2)23-22(30-23)19-14(31-24)6-5-12-20(27-4)18-13-8-15(26-3)11(9-25)7-16(13)28-10-17(18)29-21(12)19;1-23(2)22(27)19(24)18-13(31-23)5-4-11-20(26)17-12-7-14(28-3)10(8-25)6-15(12)29-9-16(17)30-21(11)18/h5-8,17,22-23,25H,9-10H2,1-4H3;4-7,16-17,19,22,25,27H,8-9H2,1-3H3/t17-,22?,23?;16-,17+,19?,22?/m11/s1/i;24-1. The molecule has 0 aliphatic carbocycles. The average molecular weight is 854 g/mol. The zero-order chi connectivity index (χ0) is 43.6. The molecule has 14 nitrogen and oxygen atoms in total. The van der Waals surface area contributed by atoms with Crippen molar-refractivity contribution < 1.29 is 71.9 Å². The van der Waals surface area contributed by atoms with Crippen molar-refractivity contribution in [1.82, 2.24) is 0 Å². The fraction of sp³-hybridized carbons (Fsp3) is 0.426. The minimum atomic E-state index is -1.76. The lowest BCUT2D eigenvalue weighted by Gasteiger charge is -2.42. The quantitative estimate of drug-likeness (QED) is 0.191. The Balaban J connectivity index is 0.000000148. The first-order valence-corrected chi connectivity index (χ1v) is 20.5. The van der Waals surface area contributed by atoms with Gasteiger partial charge in [0.15, 0.2) is 18.1 Å². The van der Waals surface area contributed by atoms with Crippen LogP contribution in [0, 0.1) is 0 Å². The summed E-state index contributed by atoms with van der Waals surface area (Å²) in [5.41, 5.74) is 4.15. The third-order valence-corrected chi connectivity index (χ3v) is 12.8. The lowest BCUT2D eigenvalue weighted by atomic mass is 9.79. The summed E-state index contributed by atoms with van der Waals surface area (Å²) in [6, 6.07) is 14.1. The summed E-state index contributed by atoms with van der Waals surface area (Å²) in [6.45, 7) is 7.34. The number of rotatable bonds is 5. The number of benzene rings is 4. The van der Waals surface area contributed by atoms with Gasteiger partial charge in [-0.05, 0) is 76.2 Å². The van der Waals surface area contributed by atoms with E-state index in [0.29, 0.717) is 46.3 Å². The van der Waals surface area contributed by atoms with Crippen LogP contribution in [0.25, 0.3) is 11.3 Å². The number of carbonyl (C=O) groups is 1. The van der Waals surface area contributed by atoms with Crippen LogP contribution >= 0.6 is 0 Å². The summed E-state index contributed by atoms with van der Waals surface area (Å²) < 4.78 is 74.4. The van der Waals surface area contributed by atoms with E-state index in [2.05, 4.69) is 0 Å². The molecule has 0 radical (unpaired) electrons. The first-order valence-electron chi connectivity index (χ1n) is 20.5. The van der Waals surface area contributed by atoms with Crippen LogP contribution in [0.3, 0.4) is 0 Å². The summed E-state index contributed by atoms with van der Waals surface area (Å²) in [5.74, 6) is 3.88. The zero-order valence-electron chi connectivity index (χ0n) is 35.2. The molecule has 62 heavy (non-hydrogen) atoms. The molecular formula is C47H47FO14. The minimum Gasteiger partial charge on any atom is -0.496 e. The van der Waals surface area contributed by atoms with E-state index in [1.165, 1.54) is 7.11 Å². The van der Waals surface area contributed by atoms with Crippen molar-refractivity contribution in [2.45, 2.75) is 94.7 Å². The molecule has 4 unspecified atom stereocenters. The summed E-state index contributed by atoms with van der Waals surface area (Å²) in [5, 5.41) is 29.6. The van der Waals surface area contributed by atoms with Crippen molar-refractivity contribution >= 4 is 17.1 Å². The van der Waals surface area contributed by atoms with E-state index in [0.717, 1.165) is 39.5 Å². The molecule has 7 heterocycles. The van der Waals surface area contributed by atoms with Crippen LogP contribution in [0.4, 0.5) is 4.39 Å². The third-order valence-electron chi connectivity index (χ3n) is 12.8. The van der Waals surface area contributed by atoms with E-state index in [1.54, 1.807) is 52.3 Å². The molecule has 11 rings (SSSR count). The number of hydrogen-bond acceptors (Lipinski definition) is 14. The lowest BCUT2D eigenvalue weighted by molar-refractivity contribution is -0.0879. The highest BCUT2D eigenvalue weighted by Gasteiger charge is 2.59. The highest BCUT2D eigenvalue weighted by atomic mass is 18.2. The molecule has 4 aromatic rings. The highest BCUT2D eigenvalue weighted by Crippen LogP contribution is 2.60. The molecule has 7 atom stereocenters. The van der Waals surface area contributed by atoms with Gasteiger partial charge in [-0.2, -0.15) is 0 Å². The Bertz CT molecular complexity index is 2560. The van der Waals surface area contributed by atoms with Gasteiger partial charge in [-0.1, -0.05) is 0 Å². The molecule has 0 spiro atoms. The third kappa shape index (κ3) is 5.99. The molecule has 15 heteroatoms. The number of Topliss-reactive ketones (excluding diaryl/α,β-unsaturated/α-hetero) is 1. The average Bonchev–Trinajstić information content (AvgIpc) is 4.08. The number of halogens is 1. The van der Waals surface area contributed by atoms with Crippen molar-refractivity contribution in [1.29, 1.82) is 0 Å². The van der Waals surface area contributed by atoms with Gasteiger partial charge in [0, 0.05) is 27.8 Å². The number of hydrogen-bond donors (Lipinski definition) is 3. The predicted octanol–water partition coefficient (Wildman–Crippen LogP) is 6.32. The number of aliphatic hydroxyl groups is 3. The van der Waals surface area contributed by atoms with Crippen LogP contribution in [-0.2, 0) is 22.7 Å². The smallest absolute Gasteiger partial charge is 0.178 e. The van der Waals surface area contributed by atoms with E-state index in [4.69, 9.17) is 47.4 Å². The number of methoxy groups -OCH3 is 3. The van der Waals surface area contributed by atoms with E-state index >= 15 is 4.39 Å². The Morgan fingerprint density at radius 2 is 1.35 bits per heavy atom. The van der Waals surface area contributed by atoms with E-state index in [1.807, 2.05) is 38.1 Å². The van der Waals surface area contributed by atoms with Crippen LogP contribution < -0.4 is 37.9 Å². The van der Waals surface area contributed by atoms with Crippen molar-refractivity contribution in [2.24, 2.45) is 0 Å². The molecule has 0 aromatic heterocycles. The molecule has 326 valence electrons.